The normalized spacial score (nSPS) is 11.2. The Hall–Kier alpha value is -3.20. The lowest BCUT2D eigenvalue weighted by Crippen LogP contribution is -2.14. The lowest BCUT2D eigenvalue weighted by atomic mass is 10.2. The maximum atomic E-state index is 12.3. The summed E-state index contributed by atoms with van der Waals surface area (Å²) in [6, 6.07) is 13.7. The minimum Gasteiger partial charge on any atom is -0.496 e. The number of nitrogens with zero attached hydrogens (tertiary/aromatic N) is 2. The predicted octanol–water partition coefficient (Wildman–Crippen LogP) is 3.25. The molecule has 0 saturated heterocycles. The first-order chi connectivity index (χ1) is 13.9. The van der Waals surface area contributed by atoms with Crippen LogP contribution in [0, 0.1) is 6.92 Å². The molecular weight excluding hydrogens is 394 g/mol. The molecule has 0 bridgehead atoms. The van der Waals surface area contributed by atoms with Crippen LogP contribution in [0.3, 0.4) is 0 Å². The van der Waals surface area contributed by atoms with Gasteiger partial charge in [-0.25, -0.2) is 8.42 Å². The molecule has 3 rings (SSSR count). The van der Waals surface area contributed by atoms with E-state index in [9.17, 15) is 13.2 Å². The van der Waals surface area contributed by atoms with Crippen molar-refractivity contribution in [2.45, 2.75) is 24.7 Å². The van der Waals surface area contributed by atoms with E-state index in [4.69, 9.17) is 9.15 Å². The molecule has 0 spiro atoms. The van der Waals surface area contributed by atoms with Crippen molar-refractivity contribution in [3.63, 3.8) is 0 Å². The van der Waals surface area contributed by atoms with Gasteiger partial charge in [-0.2, -0.15) is 0 Å². The predicted molar refractivity (Wildman–Crippen MR) is 107 cm³/mol. The minimum atomic E-state index is -3.43. The number of sulfone groups is 1. The molecule has 152 valence electrons. The van der Waals surface area contributed by atoms with E-state index in [1.165, 1.54) is 7.11 Å². The summed E-state index contributed by atoms with van der Waals surface area (Å²) in [4.78, 5) is 12.3. The number of amides is 1. The monoisotopic (exact) mass is 415 g/mol. The van der Waals surface area contributed by atoms with Crippen LogP contribution in [0.4, 0.5) is 6.01 Å². The van der Waals surface area contributed by atoms with Gasteiger partial charge in [0.05, 0.1) is 23.3 Å². The number of rotatable bonds is 8. The summed E-state index contributed by atoms with van der Waals surface area (Å²) in [6.07, 6.45) is 0.188. The fourth-order valence-electron chi connectivity index (χ4n) is 2.67. The number of hydrogen-bond donors (Lipinski definition) is 1. The highest BCUT2D eigenvalue weighted by atomic mass is 32.2. The van der Waals surface area contributed by atoms with Crippen molar-refractivity contribution in [3.05, 3.63) is 54.1 Å². The number of benzene rings is 2. The molecule has 2 aromatic carbocycles. The van der Waals surface area contributed by atoms with Gasteiger partial charge in [-0.05, 0) is 37.6 Å². The average Bonchev–Trinajstić information content (AvgIpc) is 3.16. The Balaban J connectivity index is 1.55. The van der Waals surface area contributed by atoms with E-state index in [1.54, 1.807) is 42.5 Å². The third-order valence-corrected chi connectivity index (χ3v) is 6.02. The van der Waals surface area contributed by atoms with E-state index in [0.29, 0.717) is 11.3 Å². The summed E-state index contributed by atoms with van der Waals surface area (Å²) < 4.78 is 35.3. The van der Waals surface area contributed by atoms with Gasteiger partial charge >= 0.3 is 6.01 Å². The first-order valence-electron chi connectivity index (χ1n) is 8.95. The Kier molecular flexibility index (Phi) is 6.28. The highest BCUT2D eigenvalue weighted by molar-refractivity contribution is 7.91. The third kappa shape index (κ3) is 5.20. The molecule has 1 aromatic heterocycles. The first kappa shape index (κ1) is 20.5. The number of nitrogens with one attached hydrogen (secondary N) is 1. The van der Waals surface area contributed by atoms with Crippen molar-refractivity contribution in [2.24, 2.45) is 0 Å². The molecule has 0 saturated carbocycles. The summed E-state index contributed by atoms with van der Waals surface area (Å²) in [6.45, 7) is 1.89. The molecule has 0 aliphatic rings. The highest BCUT2D eigenvalue weighted by Gasteiger charge is 2.17. The van der Waals surface area contributed by atoms with Crippen LogP contribution in [0.1, 0.15) is 18.4 Å². The van der Waals surface area contributed by atoms with Gasteiger partial charge < -0.3 is 9.15 Å². The Morgan fingerprint density at radius 1 is 1.10 bits per heavy atom. The molecule has 0 atom stereocenters. The van der Waals surface area contributed by atoms with Gasteiger partial charge in [-0.1, -0.05) is 34.9 Å². The zero-order valence-electron chi connectivity index (χ0n) is 16.1. The molecule has 0 fully saturated rings. The molecular formula is C20H21N3O5S. The van der Waals surface area contributed by atoms with Crippen molar-refractivity contribution in [3.8, 4) is 17.2 Å². The number of carbonyl (C=O) groups is 1. The van der Waals surface area contributed by atoms with Gasteiger partial charge in [0.1, 0.15) is 5.75 Å². The number of ether oxygens (including phenoxy) is 1. The number of hydrogen-bond acceptors (Lipinski definition) is 7. The largest absolute Gasteiger partial charge is 0.496 e. The molecule has 1 heterocycles. The van der Waals surface area contributed by atoms with Crippen molar-refractivity contribution in [1.82, 2.24) is 10.2 Å². The lowest BCUT2D eigenvalue weighted by molar-refractivity contribution is -0.116. The number of para-hydroxylation sites is 1. The van der Waals surface area contributed by atoms with E-state index >= 15 is 0 Å². The summed E-state index contributed by atoms with van der Waals surface area (Å²) in [5, 5.41) is 10.2. The van der Waals surface area contributed by atoms with Crippen LogP contribution in [-0.2, 0) is 14.6 Å². The van der Waals surface area contributed by atoms with E-state index in [-0.39, 0.29) is 35.4 Å². The van der Waals surface area contributed by atoms with Crippen LogP contribution in [0.2, 0.25) is 0 Å². The maximum Gasteiger partial charge on any atom is 0.322 e. The van der Waals surface area contributed by atoms with Gasteiger partial charge in [0.25, 0.3) is 5.89 Å². The van der Waals surface area contributed by atoms with Crippen LogP contribution in [0.5, 0.6) is 5.75 Å². The molecule has 0 aliphatic carbocycles. The second-order valence-corrected chi connectivity index (χ2v) is 8.51. The molecule has 8 nitrogen and oxygen atoms in total. The minimum absolute atomic E-state index is 0.0114. The van der Waals surface area contributed by atoms with E-state index < -0.39 is 15.7 Å². The van der Waals surface area contributed by atoms with Gasteiger partial charge in [0, 0.05) is 6.42 Å². The quantitative estimate of drug-likeness (QED) is 0.601. The van der Waals surface area contributed by atoms with Crippen molar-refractivity contribution in [2.75, 3.05) is 18.2 Å². The Labute approximate surface area is 168 Å². The molecule has 9 heteroatoms. The fourth-order valence-corrected chi connectivity index (χ4v) is 3.98. The highest BCUT2D eigenvalue weighted by Crippen LogP contribution is 2.29. The van der Waals surface area contributed by atoms with Crippen LogP contribution in [0.25, 0.3) is 11.5 Å². The van der Waals surface area contributed by atoms with Crippen LogP contribution in [0.15, 0.2) is 57.8 Å². The molecule has 1 N–H and O–H groups in total. The smallest absolute Gasteiger partial charge is 0.322 e. The van der Waals surface area contributed by atoms with E-state index in [0.717, 1.165) is 5.56 Å². The number of aromatic nitrogens is 2. The third-order valence-electron chi connectivity index (χ3n) is 4.21. The summed E-state index contributed by atoms with van der Waals surface area (Å²) in [5.41, 5.74) is 1.59. The first-order valence-corrected chi connectivity index (χ1v) is 10.6. The van der Waals surface area contributed by atoms with Crippen molar-refractivity contribution >= 4 is 21.8 Å². The standard InChI is InChI=1S/C20H21N3O5S/c1-14-9-11-15(12-10-14)29(25,26)13-5-8-18(24)21-20-23-22-19(28-20)16-6-3-4-7-17(16)27-2/h3-4,6-7,9-12H,5,8,13H2,1-2H3,(H,21,23,24). The van der Waals surface area contributed by atoms with Crippen molar-refractivity contribution in [1.29, 1.82) is 0 Å². The van der Waals surface area contributed by atoms with E-state index in [2.05, 4.69) is 15.5 Å². The second-order valence-electron chi connectivity index (χ2n) is 6.40. The number of methoxy groups -OCH3 is 1. The second kappa shape index (κ2) is 8.87. The lowest BCUT2D eigenvalue weighted by Gasteiger charge is -2.05. The van der Waals surface area contributed by atoms with Crippen LogP contribution < -0.4 is 10.1 Å². The summed E-state index contributed by atoms with van der Waals surface area (Å²) in [7, 11) is -1.90. The van der Waals surface area contributed by atoms with Gasteiger partial charge in [0.2, 0.25) is 5.91 Å². The Morgan fingerprint density at radius 3 is 2.55 bits per heavy atom. The molecule has 3 aromatic rings. The Morgan fingerprint density at radius 2 is 1.83 bits per heavy atom. The van der Waals surface area contributed by atoms with Gasteiger partial charge in [-0.15, -0.1) is 5.10 Å². The molecule has 29 heavy (non-hydrogen) atoms. The molecule has 1 amide bonds. The fraction of sp³-hybridized carbons (Fsp3) is 0.250. The molecule has 0 aliphatic heterocycles. The average molecular weight is 415 g/mol. The van der Waals surface area contributed by atoms with Gasteiger partial charge in [0.15, 0.2) is 9.84 Å². The van der Waals surface area contributed by atoms with Crippen molar-refractivity contribution < 1.29 is 22.4 Å². The maximum absolute atomic E-state index is 12.3. The number of carbonyl (C=O) groups excluding carboxylic acids is 1. The topological polar surface area (TPSA) is 111 Å². The number of aryl methyl sites for hydroxylation is 1. The summed E-state index contributed by atoms with van der Waals surface area (Å²) in [5.74, 6) is 0.245. The zero-order chi connectivity index (χ0) is 20.9. The summed E-state index contributed by atoms with van der Waals surface area (Å²) >= 11 is 0. The number of anilines is 1. The zero-order valence-corrected chi connectivity index (χ0v) is 16.9. The van der Waals surface area contributed by atoms with E-state index in [1.807, 2.05) is 13.0 Å². The van der Waals surface area contributed by atoms with Crippen LogP contribution >= 0.6 is 0 Å². The molecule has 0 unspecified atom stereocenters. The Bertz CT molecular complexity index is 1090. The SMILES string of the molecule is COc1ccccc1-c1nnc(NC(=O)CCCS(=O)(=O)c2ccc(C)cc2)o1. The van der Waals surface area contributed by atoms with Crippen LogP contribution in [-0.4, -0.2) is 37.4 Å². The van der Waals surface area contributed by atoms with Gasteiger partial charge in [-0.3, -0.25) is 10.1 Å². The molecule has 0 radical (unpaired) electrons.